The van der Waals surface area contributed by atoms with Gasteiger partial charge in [0.2, 0.25) is 21.8 Å². The molecule has 0 unspecified atom stereocenters. The van der Waals surface area contributed by atoms with E-state index in [1.54, 1.807) is 26.0 Å². The average Bonchev–Trinajstić information content (AvgIpc) is 2.83. The Labute approximate surface area is 217 Å². The van der Waals surface area contributed by atoms with E-state index in [9.17, 15) is 22.4 Å². The van der Waals surface area contributed by atoms with Gasteiger partial charge in [-0.15, -0.1) is 0 Å². The number of nitrogens with one attached hydrogen (secondary N) is 1. The van der Waals surface area contributed by atoms with Crippen molar-refractivity contribution < 1.29 is 22.4 Å². The Morgan fingerprint density at radius 3 is 2.36 bits per heavy atom. The number of sulfonamides is 1. The van der Waals surface area contributed by atoms with E-state index in [-0.39, 0.29) is 18.5 Å². The molecule has 1 atom stereocenters. The second-order valence-electron chi connectivity index (χ2n) is 9.37. The predicted molar refractivity (Wildman–Crippen MR) is 140 cm³/mol. The van der Waals surface area contributed by atoms with Crippen molar-refractivity contribution in [3.63, 3.8) is 0 Å². The maximum atomic E-state index is 13.6. The molecule has 0 spiro atoms. The van der Waals surface area contributed by atoms with Gasteiger partial charge in [-0.1, -0.05) is 49.1 Å². The minimum atomic E-state index is -3.86. The van der Waals surface area contributed by atoms with E-state index in [4.69, 9.17) is 11.6 Å². The van der Waals surface area contributed by atoms with E-state index in [2.05, 4.69) is 5.32 Å². The van der Waals surface area contributed by atoms with Crippen molar-refractivity contribution in [1.29, 1.82) is 0 Å². The van der Waals surface area contributed by atoms with Crippen molar-refractivity contribution in [3.05, 3.63) is 64.4 Å². The van der Waals surface area contributed by atoms with Crippen molar-refractivity contribution >= 4 is 39.1 Å². The van der Waals surface area contributed by atoms with Gasteiger partial charge in [0.1, 0.15) is 18.4 Å². The lowest BCUT2D eigenvalue weighted by atomic mass is 9.95. The Bertz CT molecular complexity index is 1180. The van der Waals surface area contributed by atoms with E-state index in [0.29, 0.717) is 21.8 Å². The SMILES string of the molecule is Cc1ccc(Cl)cc1N(CC(=O)N(Cc1ccc(F)cc1)[C@@H](C)C(=O)NC1CCCCC1)S(C)(=O)=O. The highest BCUT2D eigenvalue weighted by molar-refractivity contribution is 7.92. The van der Waals surface area contributed by atoms with Gasteiger partial charge in [0.25, 0.3) is 0 Å². The third-order valence-electron chi connectivity index (χ3n) is 6.50. The summed E-state index contributed by atoms with van der Waals surface area (Å²) in [4.78, 5) is 28.1. The van der Waals surface area contributed by atoms with Gasteiger partial charge in [-0.2, -0.15) is 0 Å². The summed E-state index contributed by atoms with van der Waals surface area (Å²) in [6.45, 7) is 2.85. The van der Waals surface area contributed by atoms with Gasteiger partial charge in [0, 0.05) is 17.6 Å². The summed E-state index contributed by atoms with van der Waals surface area (Å²) in [6.07, 6.45) is 6.02. The number of hydrogen-bond acceptors (Lipinski definition) is 4. The minimum absolute atomic E-state index is 0.0183. The predicted octanol–water partition coefficient (Wildman–Crippen LogP) is 4.42. The molecule has 2 aromatic rings. The molecule has 36 heavy (non-hydrogen) atoms. The lowest BCUT2D eigenvalue weighted by molar-refractivity contribution is -0.139. The normalized spacial score (nSPS) is 15.2. The van der Waals surface area contributed by atoms with Gasteiger partial charge in [0.15, 0.2) is 0 Å². The largest absolute Gasteiger partial charge is 0.352 e. The molecule has 0 aliphatic heterocycles. The van der Waals surface area contributed by atoms with E-state index < -0.39 is 34.3 Å². The first-order valence-corrected chi connectivity index (χ1v) is 14.3. The van der Waals surface area contributed by atoms with Crippen LogP contribution in [0.4, 0.5) is 10.1 Å². The maximum Gasteiger partial charge on any atom is 0.244 e. The van der Waals surface area contributed by atoms with Crippen LogP contribution in [0.5, 0.6) is 0 Å². The third kappa shape index (κ3) is 7.43. The molecule has 196 valence electrons. The number of carbonyl (C=O) groups is 2. The van der Waals surface area contributed by atoms with Gasteiger partial charge in [-0.05, 0) is 62.1 Å². The average molecular weight is 538 g/mol. The molecular weight excluding hydrogens is 505 g/mol. The van der Waals surface area contributed by atoms with Gasteiger partial charge in [0.05, 0.1) is 11.9 Å². The van der Waals surface area contributed by atoms with Crippen LogP contribution < -0.4 is 9.62 Å². The van der Waals surface area contributed by atoms with Crippen molar-refractivity contribution in [2.45, 2.75) is 64.6 Å². The molecule has 1 saturated carbocycles. The standard InChI is InChI=1S/C26H33ClFN3O4S/c1-18-9-12-21(27)15-24(18)31(36(3,34)35)17-25(32)30(16-20-10-13-22(28)14-11-20)19(2)26(33)29-23-7-5-4-6-8-23/h9-15,19,23H,4-8,16-17H2,1-3H3,(H,29,33)/t19-/m0/s1. The summed E-state index contributed by atoms with van der Waals surface area (Å²) in [5.74, 6) is -1.28. The summed E-state index contributed by atoms with van der Waals surface area (Å²) in [7, 11) is -3.86. The van der Waals surface area contributed by atoms with Crippen molar-refractivity contribution in [1.82, 2.24) is 10.2 Å². The number of halogens is 2. The zero-order chi connectivity index (χ0) is 26.5. The molecule has 0 radical (unpaired) electrons. The minimum Gasteiger partial charge on any atom is -0.352 e. The Morgan fingerprint density at radius 2 is 1.75 bits per heavy atom. The number of hydrogen-bond donors (Lipinski definition) is 1. The Balaban J connectivity index is 1.89. The maximum absolute atomic E-state index is 13.6. The summed E-state index contributed by atoms with van der Waals surface area (Å²) >= 11 is 6.11. The topological polar surface area (TPSA) is 86.8 Å². The molecule has 7 nitrogen and oxygen atoms in total. The van der Waals surface area contributed by atoms with Crippen LogP contribution in [0.1, 0.15) is 50.2 Å². The van der Waals surface area contributed by atoms with Crippen LogP contribution >= 0.6 is 11.6 Å². The highest BCUT2D eigenvalue weighted by atomic mass is 35.5. The fourth-order valence-electron chi connectivity index (χ4n) is 4.38. The lowest BCUT2D eigenvalue weighted by Gasteiger charge is -2.33. The lowest BCUT2D eigenvalue weighted by Crippen LogP contribution is -2.53. The zero-order valence-electron chi connectivity index (χ0n) is 20.8. The van der Waals surface area contributed by atoms with Crippen LogP contribution in [0.3, 0.4) is 0 Å². The van der Waals surface area contributed by atoms with Gasteiger partial charge < -0.3 is 10.2 Å². The summed E-state index contributed by atoms with van der Waals surface area (Å²) in [6, 6.07) is 9.64. The molecular formula is C26H33ClFN3O4S. The van der Waals surface area contributed by atoms with E-state index in [0.717, 1.165) is 42.7 Å². The first-order valence-electron chi connectivity index (χ1n) is 12.0. The van der Waals surface area contributed by atoms with E-state index in [1.807, 2.05) is 0 Å². The van der Waals surface area contributed by atoms with Crippen molar-refractivity contribution in [2.75, 3.05) is 17.1 Å². The number of nitrogens with zero attached hydrogens (tertiary/aromatic N) is 2. The molecule has 1 N–H and O–H groups in total. The first-order chi connectivity index (χ1) is 17.0. The molecule has 1 fully saturated rings. The number of anilines is 1. The first kappa shape index (κ1) is 27.9. The third-order valence-corrected chi connectivity index (χ3v) is 7.87. The highest BCUT2D eigenvalue weighted by Crippen LogP contribution is 2.27. The second-order valence-corrected chi connectivity index (χ2v) is 11.7. The van der Waals surface area contributed by atoms with Crippen molar-refractivity contribution in [3.8, 4) is 0 Å². The fourth-order valence-corrected chi connectivity index (χ4v) is 5.45. The van der Waals surface area contributed by atoms with Crippen LogP contribution in [-0.2, 0) is 26.2 Å². The van der Waals surface area contributed by atoms with Gasteiger partial charge in [-0.25, -0.2) is 12.8 Å². The number of benzene rings is 2. The monoisotopic (exact) mass is 537 g/mol. The molecule has 1 aliphatic rings. The summed E-state index contributed by atoms with van der Waals surface area (Å²) < 4.78 is 39.9. The van der Waals surface area contributed by atoms with Gasteiger partial charge in [-0.3, -0.25) is 13.9 Å². The molecule has 2 amide bonds. The van der Waals surface area contributed by atoms with Crippen LogP contribution in [-0.4, -0.2) is 50.0 Å². The molecule has 2 aromatic carbocycles. The molecule has 3 rings (SSSR count). The summed E-state index contributed by atoms with van der Waals surface area (Å²) in [5.41, 5.74) is 1.54. The number of rotatable bonds is 9. The van der Waals surface area contributed by atoms with Crippen LogP contribution in [0.15, 0.2) is 42.5 Å². The van der Waals surface area contributed by atoms with Crippen LogP contribution in [0.25, 0.3) is 0 Å². The molecule has 0 bridgehead atoms. The highest BCUT2D eigenvalue weighted by Gasteiger charge is 2.31. The van der Waals surface area contributed by atoms with E-state index >= 15 is 0 Å². The van der Waals surface area contributed by atoms with Gasteiger partial charge >= 0.3 is 0 Å². The quantitative estimate of drug-likeness (QED) is 0.513. The second kappa shape index (κ2) is 12.1. The smallest absolute Gasteiger partial charge is 0.244 e. The fraction of sp³-hybridized carbons (Fsp3) is 0.462. The van der Waals surface area contributed by atoms with Crippen molar-refractivity contribution in [2.24, 2.45) is 0 Å². The Morgan fingerprint density at radius 1 is 1.11 bits per heavy atom. The molecule has 10 heteroatoms. The van der Waals surface area contributed by atoms with Crippen LogP contribution in [0.2, 0.25) is 5.02 Å². The number of carbonyl (C=O) groups excluding carboxylic acids is 2. The Hall–Kier alpha value is -2.65. The number of amides is 2. The molecule has 0 aromatic heterocycles. The van der Waals surface area contributed by atoms with Crippen LogP contribution in [0, 0.1) is 12.7 Å². The number of aryl methyl sites for hydroxylation is 1. The zero-order valence-corrected chi connectivity index (χ0v) is 22.4. The molecule has 1 aliphatic carbocycles. The molecule has 0 saturated heterocycles. The summed E-state index contributed by atoms with van der Waals surface area (Å²) in [5, 5.41) is 3.37. The Kier molecular flexibility index (Phi) is 9.35. The van der Waals surface area contributed by atoms with E-state index in [1.165, 1.54) is 35.2 Å². The molecule has 0 heterocycles.